The van der Waals surface area contributed by atoms with Gasteiger partial charge in [0.1, 0.15) is 5.75 Å². The van der Waals surface area contributed by atoms with E-state index >= 15 is 0 Å². The minimum Gasteiger partial charge on any atom is -0.461 e. The maximum absolute atomic E-state index is 8.06. The Kier molecular flexibility index (Phi) is 9.26. The molecular formula is C17H31NO3. The first kappa shape index (κ1) is 19.9. The first-order valence-electron chi connectivity index (χ1n) is 7.53. The molecule has 122 valence electrons. The predicted octanol–water partition coefficient (Wildman–Crippen LogP) is 3.74. The zero-order valence-electron chi connectivity index (χ0n) is 14.5. The van der Waals surface area contributed by atoms with Crippen molar-refractivity contribution in [2.24, 2.45) is 0 Å². The van der Waals surface area contributed by atoms with Gasteiger partial charge < -0.3 is 9.84 Å². The molecule has 0 aliphatic heterocycles. The molecule has 4 heteroatoms. The molecule has 0 spiro atoms. The average Bonchev–Trinajstić information content (AvgIpc) is 2.33. The molecule has 4 nitrogen and oxygen atoms in total. The van der Waals surface area contributed by atoms with Gasteiger partial charge in [0, 0.05) is 26.5 Å². The first-order valence-corrected chi connectivity index (χ1v) is 7.53. The highest BCUT2D eigenvalue weighted by molar-refractivity contribution is 5.34. The lowest BCUT2D eigenvalue weighted by atomic mass is 10.1. The summed E-state index contributed by atoms with van der Waals surface area (Å²) >= 11 is 0. The van der Waals surface area contributed by atoms with Gasteiger partial charge in [-0.3, -0.25) is 4.84 Å². The quantitative estimate of drug-likeness (QED) is 0.477. The summed E-state index contributed by atoms with van der Waals surface area (Å²) < 4.78 is 5.80. The number of hydrogen-bond acceptors (Lipinski definition) is 4. The number of nitrogens with one attached hydrogen (secondary N) is 1. The average molecular weight is 297 g/mol. The van der Waals surface area contributed by atoms with Gasteiger partial charge in [0.25, 0.3) is 0 Å². The van der Waals surface area contributed by atoms with Crippen molar-refractivity contribution in [3.63, 3.8) is 0 Å². The van der Waals surface area contributed by atoms with E-state index in [1.165, 1.54) is 11.1 Å². The van der Waals surface area contributed by atoms with E-state index in [4.69, 9.17) is 14.7 Å². The fraction of sp³-hybridized carbons (Fsp3) is 0.647. The Balaban J connectivity index is 0.000000885. The lowest BCUT2D eigenvalue weighted by Crippen LogP contribution is -2.38. The molecule has 2 N–H and O–H groups in total. The summed E-state index contributed by atoms with van der Waals surface area (Å²) in [4.78, 5) is 5.47. The number of benzene rings is 1. The molecule has 0 amide bonds. The van der Waals surface area contributed by atoms with E-state index in [2.05, 4.69) is 32.3 Å². The summed E-state index contributed by atoms with van der Waals surface area (Å²) in [6, 6.07) is 6.05. The van der Waals surface area contributed by atoms with Crippen LogP contribution in [0.5, 0.6) is 5.75 Å². The Morgan fingerprint density at radius 1 is 1.19 bits per heavy atom. The number of ether oxygens (including phenoxy) is 1. The summed E-state index contributed by atoms with van der Waals surface area (Å²) in [5, 5.41) is 8.06. The van der Waals surface area contributed by atoms with E-state index < -0.39 is 5.79 Å². The van der Waals surface area contributed by atoms with E-state index in [1.807, 2.05) is 26.0 Å². The van der Waals surface area contributed by atoms with Crippen molar-refractivity contribution in [3.05, 3.63) is 29.3 Å². The predicted molar refractivity (Wildman–Crippen MR) is 87.4 cm³/mol. The molecule has 1 rings (SSSR count). The van der Waals surface area contributed by atoms with Crippen LogP contribution in [0.15, 0.2) is 18.2 Å². The molecule has 1 aromatic carbocycles. The molecule has 0 aliphatic carbocycles. The highest BCUT2D eigenvalue weighted by Gasteiger charge is 2.20. The van der Waals surface area contributed by atoms with Crippen LogP contribution < -0.4 is 10.2 Å². The zero-order valence-corrected chi connectivity index (χ0v) is 14.5. The number of aliphatic hydroxyl groups is 1. The number of hydroxylamine groups is 1. The van der Waals surface area contributed by atoms with Crippen LogP contribution in [0, 0.1) is 13.8 Å². The van der Waals surface area contributed by atoms with Crippen molar-refractivity contribution in [2.45, 2.75) is 66.8 Å². The third kappa shape index (κ3) is 10.3. The third-order valence-electron chi connectivity index (χ3n) is 2.51. The van der Waals surface area contributed by atoms with Gasteiger partial charge in [0.2, 0.25) is 5.79 Å². The maximum Gasteiger partial charge on any atom is 0.222 e. The minimum absolute atomic E-state index is 0.167. The standard InChI is InChI=1S/C14H23NO2.C3H8O/c1-6-9-15-17-14(4,5)16-13-8-7-11(2)12(3)10-13;1-3(2)4/h7-8,10,15H,6,9H2,1-5H3;3-4H,1-2H3. The molecule has 0 fully saturated rings. The number of hydrogen-bond donors (Lipinski definition) is 2. The van der Waals surface area contributed by atoms with Crippen LogP contribution in [0.1, 0.15) is 52.2 Å². The Morgan fingerprint density at radius 2 is 1.76 bits per heavy atom. The molecule has 0 aromatic heterocycles. The molecule has 21 heavy (non-hydrogen) atoms. The molecule has 0 saturated carbocycles. The van der Waals surface area contributed by atoms with Crippen LogP contribution in [-0.4, -0.2) is 23.5 Å². The van der Waals surface area contributed by atoms with Gasteiger partial charge in [0.15, 0.2) is 0 Å². The first-order chi connectivity index (χ1) is 9.68. The van der Waals surface area contributed by atoms with Crippen LogP contribution >= 0.6 is 0 Å². The highest BCUT2D eigenvalue weighted by atomic mass is 16.8. The molecule has 0 bridgehead atoms. The van der Waals surface area contributed by atoms with E-state index in [0.29, 0.717) is 0 Å². The topological polar surface area (TPSA) is 50.7 Å². The Labute approximate surface area is 129 Å². The van der Waals surface area contributed by atoms with Gasteiger partial charge in [0.05, 0.1) is 0 Å². The summed E-state index contributed by atoms with van der Waals surface area (Å²) in [6.07, 6.45) is 0.861. The van der Waals surface area contributed by atoms with Gasteiger partial charge in [-0.25, -0.2) is 0 Å². The SMILES string of the molecule is CC(C)O.CCCNOC(C)(C)Oc1ccc(C)c(C)c1. The van der Waals surface area contributed by atoms with Crippen LogP contribution in [0.2, 0.25) is 0 Å². The maximum atomic E-state index is 8.06. The van der Waals surface area contributed by atoms with E-state index in [1.54, 1.807) is 13.8 Å². The molecule has 0 aliphatic rings. The molecular weight excluding hydrogens is 266 g/mol. The Hall–Kier alpha value is -1.10. The molecule has 0 heterocycles. The third-order valence-corrected chi connectivity index (χ3v) is 2.51. The van der Waals surface area contributed by atoms with Crippen LogP contribution in [0.3, 0.4) is 0 Å². The van der Waals surface area contributed by atoms with Gasteiger partial charge in [-0.15, -0.1) is 0 Å². The van der Waals surface area contributed by atoms with Crippen molar-refractivity contribution in [3.8, 4) is 5.75 Å². The zero-order chi connectivity index (χ0) is 16.5. The summed E-state index contributed by atoms with van der Waals surface area (Å²) in [5.41, 5.74) is 5.38. The van der Waals surface area contributed by atoms with Crippen molar-refractivity contribution in [1.29, 1.82) is 0 Å². The minimum atomic E-state index is -0.670. The van der Waals surface area contributed by atoms with Gasteiger partial charge in [-0.05, 0) is 57.4 Å². The smallest absolute Gasteiger partial charge is 0.222 e. The highest BCUT2D eigenvalue weighted by Crippen LogP contribution is 2.21. The summed E-state index contributed by atoms with van der Waals surface area (Å²) in [7, 11) is 0. The van der Waals surface area contributed by atoms with Gasteiger partial charge in [-0.2, -0.15) is 5.48 Å². The van der Waals surface area contributed by atoms with E-state index in [0.717, 1.165) is 18.7 Å². The molecule has 0 unspecified atom stereocenters. The van der Waals surface area contributed by atoms with Crippen molar-refractivity contribution in [1.82, 2.24) is 5.48 Å². The second-order valence-corrected chi connectivity index (χ2v) is 5.84. The van der Waals surface area contributed by atoms with Crippen molar-refractivity contribution >= 4 is 0 Å². The number of rotatable bonds is 6. The van der Waals surface area contributed by atoms with Crippen LogP contribution in [-0.2, 0) is 4.84 Å². The summed E-state index contributed by atoms with van der Waals surface area (Å²) in [6.45, 7) is 14.3. The molecule has 0 saturated heterocycles. The normalized spacial score (nSPS) is 11.1. The molecule has 0 radical (unpaired) electrons. The molecule has 0 atom stereocenters. The Bertz CT molecular complexity index is 400. The monoisotopic (exact) mass is 297 g/mol. The number of aryl methyl sites for hydroxylation is 2. The fourth-order valence-corrected chi connectivity index (χ4v) is 1.41. The summed E-state index contributed by atoms with van der Waals surface area (Å²) in [5.74, 6) is 0.160. The lowest BCUT2D eigenvalue weighted by Gasteiger charge is -2.26. The van der Waals surface area contributed by atoms with E-state index in [9.17, 15) is 0 Å². The van der Waals surface area contributed by atoms with Gasteiger partial charge in [-0.1, -0.05) is 13.0 Å². The fourth-order valence-electron chi connectivity index (χ4n) is 1.41. The second-order valence-electron chi connectivity index (χ2n) is 5.84. The number of aliphatic hydroxyl groups excluding tert-OH is 1. The van der Waals surface area contributed by atoms with Crippen LogP contribution in [0.25, 0.3) is 0 Å². The Morgan fingerprint density at radius 3 is 2.24 bits per heavy atom. The van der Waals surface area contributed by atoms with Crippen molar-refractivity contribution in [2.75, 3.05) is 6.54 Å². The lowest BCUT2D eigenvalue weighted by molar-refractivity contribution is -0.197. The van der Waals surface area contributed by atoms with Crippen LogP contribution in [0.4, 0.5) is 0 Å². The van der Waals surface area contributed by atoms with Gasteiger partial charge >= 0.3 is 0 Å². The van der Waals surface area contributed by atoms with Crippen molar-refractivity contribution < 1.29 is 14.7 Å². The second kappa shape index (κ2) is 9.77. The molecule has 1 aromatic rings. The van der Waals surface area contributed by atoms with E-state index in [-0.39, 0.29) is 6.10 Å². The largest absolute Gasteiger partial charge is 0.461 e.